The zero-order valence-corrected chi connectivity index (χ0v) is 15.6. The van der Waals surface area contributed by atoms with Gasteiger partial charge in [0.1, 0.15) is 10.8 Å². The van der Waals surface area contributed by atoms with Crippen LogP contribution in [0.4, 0.5) is 5.82 Å². The summed E-state index contributed by atoms with van der Waals surface area (Å²) in [6, 6.07) is 12.5. The Kier molecular flexibility index (Phi) is 5.50. The van der Waals surface area contributed by atoms with Gasteiger partial charge < -0.3 is 4.90 Å². The lowest BCUT2D eigenvalue weighted by Gasteiger charge is -2.32. The maximum absolute atomic E-state index is 4.82. The molecule has 3 heterocycles. The van der Waals surface area contributed by atoms with Gasteiger partial charge >= 0.3 is 0 Å². The summed E-state index contributed by atoms with van der Waals surface area (Å²) in [5, 5.41) is 5.31. The third-order valence-corrected chi connectivity index (χ3v) is 5.74. The van der Waals surface area contributed by atoms with Gasteiger partial charge in [-0.3, -0.25) is 9.67 Å². The minimum absolute atomic E-state index is 0.690. The highest BCUT2D eigenvalue weighted by atomic mass is 32.2. The van der Waals surface area contributed by atoms with Crippen LogP contribution in [0.3, 0.4) is 0 Å². The van der Waals surface area contributed by atoms with E-state index < -0.39 is 0 Å². The van der Waals surface area contributed by atoms with Gasteiger partial charge in [-0.2, -0.15) is 5.10 Å². The average Bonchev–Trinajstić information content (AvgIpc) is 3.21. The molecule has 0 atom stereocenters. The molecule has 1 aliphatic heterocycles. The van der Waals surface area contributed by atoms with Crippen molar-refractivity contribution in [1.29, 1.82) is 0 Å². The minimum Gasteiger partial charge on any atom is -0.355 e. The molecular weight excluding hydrogens is 342 g/mol. The number of hydrogen-bond donors (Lipinski definition) is 0. The molecule has 0 saturated carbocycles. The Morgan fingerprint density at radius 1 is 1.04 bits per heavy atom. The zero-order chi connectivity index (χ0) is 17.6. The van der Waals surface area contributed by atoms with Gasteiger partial charge in [-0.1, -0.05) is 30.3 Å². The number of rotatable bonds is 6. The van der Waals surface area contributed by atoms with Gasteiger partial charge in [-0.05, 0) is 30.4 Å². The van der Waals surface area contributed by atoms with Crippen LogP contribution in [0.2, 0.25) is 0 Å². The minimum atomic E-state index is 0.690. The smallest absolute Gasteiger partial charge is 0.148 e. The van der Waals surface area contributed by atoms with Gasteiger partial charge in [0, 0.05) is 37.8 Å². The van der Waals surface area contributed by atoms with Gasteiger partial charge in [0.25, 0.3) is 0 Å². The molecular formula is C20H23N5S. The molecule has 134 valence electrons. The Labute approximate surface area is 158 Å². The number of thioether (sulfide) groups is 1. The fraction of sp³-hybridized carbons (Fsp3) is 0.350. The molecule has 1 fully saturated rings. The van der Waals surface area contributed by atoms with E-state index in [-0.39, 0.29) is 0 Å². The normalized spacial score (nSPS) is 15.3. The second-order valence-corrected chi connectivity index (χ2v) is 7.64. The molecule has 5 nitrogen and oxygen atoms in total. The maximum atomic E-state index is 4.82. The lowest BCUT2D eigenvalue weighted by Crippen LogP contribution is -2.35. The molecule has 26 heavy (non-hydrogen) atoms. The Morgan fingerprint density at radius 2 is 1.88 bits per heavy atom. The van der Waals surface area contributed by atoms with Crippen LogP contribution in [-0.4, -0.2) is 32.8 Å². The van der Waals surface area contributed by atoms with Crippen molar-refractivity contribution in [2.45, 2.75) is 30.2 Å². The molecule has 0 radical (unpaired) electrons. The fourth-order valence-electron chi connectivity index (χ4n) is 3.31. The summed E-state index contributed by atoms with van der Waals surface area (Å²) in [4.78, 5) is 11.6. The van der Waals surface area contributed by atoms with Crippen LogP contribution in [0, 0.1) is 5.92 Å². The Bertz CT molecular complexity index is 798. The standard InChI is InChI=1S/C20H23N5S/c1-2-5-18(6-3-1)16-26-20-14-21-13-19(23-20)24-11-7-17(8-12-24)15-25-10-4-9-22-25/h1-6,9-10,13-14,17H,7-8,11-12,15-16H2. The third kappa shape index (κ3) is 4.43. The van der Waals surface area contributed by atoms with Gasteiger partial charge in [0.15, 0.2) is 0 Å². The first kappa shape index (κ1) is 17.1. The van der Waals surface area contributed by atoms with Crippen LogP contribution < -0.4 is 4.90 Å². The summed E-state index contributed by atoms with van der Waals surface area (Å²) in [6.07, 6.45) is 9.99. The second-order valence-electron chi connectivity index (χ2n) is 6.65. The molecule has 0 N–H and O–H groups in total. The zero-order valence-electron chi connectivity index (χ0n) is 14.7. The largest absolute Gasteiger partial charge is 0.355 e. The van der Waals surface area contributed by atoms with Crippen molar-refractivity contribution in [3.05, 3.63) is 66.7 Å². The molecule has 2 aromatic heterocycles. The van der Waals surface area contributed by atoms with Crippen LogP contribution in [0.25, 0.3) is 0 Å². The lowest BCUT2D eigenvalue weighted by atomic mass is 9.97. The van der Waals surface area contributed by atoms with Crippen LogP contribution in [0.15, 0.2) is 66.2 Å². The van der Waals surface area contributed by atoms with E-state index in [0.29, 0.717) is 5.92 Å². The van der Waals surface area contributed by atoms with Crippen molar-refractivity contribution in [2.24, 2.45) is 5.92 Å². The van der Waals surface area contributed by atoms with E-state index >= 15 is 0 Å². The predicted molar refractivity (Wildman–Crippen MR) is 105 cm³/mol. The third-order valence-electron chi connectivity index (χ3n) is 4.77. The summed E-state index contributed by atoms with van der Waals surface area (Å²) in [5.74, 6) is 2.61. The quantitative estimate of drug-likeness (QED) is 0.620. The lowest BCUT2D eigenvalue weighted by molar-refractivity contribution is 0.341. The van der Waals surface area contributed by atoms with Crippen molar-refractivity contribution < 1.29 is 0 Å². The topological polar surface area (TPSA) is 46.8 Å². The number of aromatic nitrogens is 4. The summed E-state index contributed by atoms with van der Waals surface area (Å²) in [7, 11) is 0. The number of benzene rings is 1. The van der Waals surface area contributed by atoms with E-state index in [1.165, 1.54) is 18.4 Å². The van der Waals surface area contributed by atoms with Crippen molar-refractivity contribution >= 4 is 17.6 Å². The molecule has 1 saturated heterocycles. The van der Waals surface area contributed by atoms with Crippen LogP contribution in [-0.2, 0) is 12.3 Å². The maximum Gasteiger partial charge on any atom is 0.148 e. The van der Waals surface area contributed by atoms with Gasteiger partial charge in [-0.25, -0.2) is 4.98 Å². The van der Waals surface area contributed by atoms with E-state index in [4.69, 9.17) is 4.98 Å². The molecule has 0 unspecified atom stereocenters. The molecule has 1 aliphatic rings. The van der Waals surface area contributed by atoms with Crippen molar-refractivity contribution in [3.8, 4) is 0 Å². The number of hydrogen-bond acceptors (Lipinski definition) is 5. The highest BCUT2D eigenvalue weighted by molar-refractivity contribution is 7.98. The summed E-state index contributed by atoms with van der Waals surface area (Å²) < 4.78 is 2.04. The highest BCUT2D eigenvalue weighted by Gasteiger charge is 2.21. The average molecular weight is 366 g/mol. The summed E-state index contributed by atoms with van der Waals surface area (Å²) in [5.41, 5.74) is 1.31. The predicted octanol–water partition coefficient (Wildman–Crippen LogP) is 3.88. The first-order valence-electron chi connectivity index (χ1n) is 9.08. The summed E-state index contributed by atoms with van der Waals surface area (Å²) in [6.45, 7) is 3.08. The van der Waals surface area contributed by atoms with Gasteiger partial charge in [0.05, 0.1) is 12.4 Å². The molecule has 0 bridgehead atoms. The Morgan fingerprint density at radius 3 is 2.65 bits per heavy atom. The molecule has 0 spiro atoms. The van der Waals surface area contributed by atoms with Crippen LogP contribution in [0.5, 0.6) is 0 Å². The van der Waals surface area contributed by atoms with Gasteiger partial charge in [0.2, 0.25) is 0 Å². The molecule has 6 heteroatoms. The first-order chi connectivity index (χ1) is 12.9. The van der Waals surface area contributed by atoms with Crippen LogP contribution >= 0.6 is 11.8 Å². The van der Waals surface area contributed by atoms with E-state index in [1.54, 1.807) is 11.8 Å². The Hall–Kier alpha value is -2.34. The number of nitrogens with zero attached hydrogens (tertiary/aromatic N) is 5. The number of anilines is 1. The highest BCUT2D eigenvalue weighted by Crippen LogP contribution is 2.25. The summed E-state index contributed by atoms with van der Waals surface area (Å²) >= 11 is 1.74. The fourth-order valence-corrected chi connectivity index (χ4v) is 4.11. The molecule has 4 rings (SSSR count). The van der Waals surface area contributed by atoms with E-state index in [9.17, 15) is 0 Å². The second kappa shape index (κ2) is 8.36. The van der Waals surface area contributed by atoms with E-state index in [2.05, 4.69) is 39.2 Å². The van der Waals surface area contributed by atoms with Crippen LogP contribution in [0.1, 0.15) is 18.4 Å². The Balaban J connectivity index is 1.32. The SMILES string of the molecule is c1ccc(CSc2cncc(N3CCC(Cn4cccn4)CC3)n2)cc1. The monoisotopic (exact) mass is 365 g/mol. The van der Waals surface area contributed by atoms with Crippen molar-refractivity contribution in [1.82, 2.24) is 19.7 Å². The molecule has 1 aromatic carbocycles. The van der Waals surface area contributed by atoms with E-state index in [0.717, 1.165) is 36.2 Å². The van der Waals surface area contributed by atoms with Gasteiger partial charge in [-0.15, -0.1) is 11.8 Å². The van der Waals surface area contributed by atoms with Crippen molar-refractivity contribution in [3.63, 3.8) is 0 Å². The number of piperidine rings is 1. The first-order valence-corrected chi connectivity index (χ1v) is 10.1. The van der Waals surface area contributed by atoms with E-state index in [1.807, 2.05) is 41.6 Å². The molecule has 0 aliphatic carbocycles. The molecule has 0 amide bonds. The molecule has 3 aromatic rings. The van der Waals surface area contributed by atoms with Crippen molar-refractivity contribution in [2.75, 3.05) is 18.0 Å².